The Balaban J connectivity index is 3.10. The SMILES string of the molecule is CCC(C)(CC)NS(=O)(=O)c1cc(CO)oc1C. The Kier molecular flexibility index (Phi) is 4.58. The van der Waals surface area contributed by atoms with E-state index in [9.17, 15) is 8.42 Å². The minimum Gasteiger partial charge on any atom is -0.462 e. The van der Waals surface area contributed by atoms with Gasteiger partial charge in [-0.15, -0.1) is 0 Å². The lowest BCUT2D eigenvalue weighted by atomic mass is 9.98. The average molecular weight is 275 g/mol. The van der Waals surface area contributed by atoms with E-state index < -0.39 is 15.6 Å². The molecule has 2 N–H and O–H groups in total. The van der Waals surface area contributed by atoms with Crippen molar-refractivity contribution in [1.29, 1.82) is 0 Å². The molecule has 0 fully saturated rings. The third kappa shape index (κ3) is 3.13. The molecule has 0 saturated heterocycles. The number of nitrogens with one attached hydrogen (secondary N) is 1. The molecule has 6 heteroatoms. The van der Waals surface area contributed by atoms with Crippen molar-refractivity contribution in [1.82, 2.24) is 4.72 Å². The maximum absolute atomic E-state index is 12.3. The molecule has 0 amide bonds. The van der Waals surface area contributed by atoms with Gasteiger partial charge in [0.2, 0.25) is 10.0 Å². The first-order chi connectivity index (χ1) is 8.28. The van der Waals surface area contributed by atoms with Gasteiger partial charge in [-0.3, -0.25) is 0 Å². The summed E-state index contributed by atoms with van der Waals surface area (Å²) in [7, 11) is -3.62. The molecule has 0 aliphatic rings. The molecule has 5 nitrogen and oxygen atoms in total. The van der Waals surface area contributed by atoms with Gasteiger partial charge in [0.25, 0.3) is 0 Å². The highest BCUT2D eigenvalue weighted by Gasteiger charge is 2.29. The normalized spacial score (nSPS) is 12.9. The Morgan fingerprint density at radius 2 is 1.94 bits per heavy atom. The summed E-state index contributed by atoms with van der Waals surface area (Å²) in [5.41, 5.74) is -0.470. The second-order valence-corrected chi connectivity index (χ2v) is 6.32. The first-order valence-corrected chi connectivity index (χ1v) is 7.50. The zero-order valence-electron chi connectivity index (χ0n) is 11.3. The van der Waals surface area contributed by atoms with Gasteiger partial charge in [-0.05, 0) is 26.7 Å². The van der Waals surface area contributed by atoms with E-state index in [1.54, 1.807) is 6.92 Å². The molecule has 0 atom stereocenters. The zero-order chi connectivity index (χ0) is 14.0. The predicted molar refractivity (Wildman–Crippen MR) is 68.7 cm³/mol. The maximum atomic E-state index is 12.3. The highest BCUT2D eigenvalue weighted by atomic mass is 32.2. The monoisotopic (exact) mass is 275 g/mol. The molecule has 0 aliphatic heterocycles. The summed E-state index contributed by atoms with van der Waals surface area (Å²) in [4.78, 5) is 0.0969. The van der Waals surface area contributed by atoms with Gasteiger partial charge in [-0.2, -0.15) is 0 Å². The number of sulfonamides is 1. The van der Waals surface area contributed by atoms with Crippen LogP contribution in [0.25, 0.3) is 0 Å². The molecular weight excluding hydrogens is 254 g/mol. The predicted octanol–water partition coefficient (Wildman–Crippen LogP) is 1.94. The van der Waals surface area contributed by atoms with Crippen LogP contribution in [0.4, 0.5) is 0 Å². The van der Waals surface area contributed by atoms with E-state index in [1.165, 1.54) is 6.07 Å². The number of rotatable bonds is 6. The number of hydrogen-bond donors (Lipinski definition) is 2. The van der Waals surface area contributed by atoms with Gasteiger partial charge in [-0.25, -0.2) is 13.1 Å². The van der Waals surface area contributed by atoms with Crippen LogP contribution in [0.2, 0.25) is 0 Å². The summed E-state index contributed by atoms with van der Waals surface area (Å²) >= 11 is 0. The minimum absolute atomic E-state index is 0.0969. The van der Waals surface area contributed by atoms with Gasteiger partial charge < -0.3 is 9.52 Å². The van der Waals surface area contributed by atoms with Gasteiger partial charge in [0, 0.05) is 11.6 Å². The van der Waals surface area contributed by atoms with Crippen molar-refractivity contribution in [3.8, 4) is 0 Å². The molecule has 0 aliphatic carbocycles. The summed E-state index contributed by atoms with van der Waals surface area (Å²) in [5, 5.41) is 8.96. The van der Waals surface area contributed by atoms with Crippen molar-refractivity contribution in [2.24, 2.45) is 0 Å². The van der Waals surface area contributed by atoms with E-state index in [0.717, 1.165) is 0 Å². The Labute approximate surface area is 108 Å². The number of hydrogen-bond acceptors (Lipinski definition) is 4. The van der Waals surface area contributed by atoms with Crippen LogP contribution >= 0.6 is 0 Å². The molecule has 1 aromatic heterocycles. The van der Waals surface area contributed by atoms with Gasteiger partial charge in [0.15, 0.2) is 0 Å². The molecule has 0 spiro atoms. The average Bonchev–Trinajstić information content (AvgIpc) is 2.70. The lowest BCUT2D eigenvalue weighted by Gasteiger charge is -2.27. The third-order valence-corrected chi connectivity index (χ3v) is 5.06. The third-order valence-electron chi connectivity index (χ3n) is 3.31. The first-order valence-electron chi connectivity index (χ1n) is 6.02. The molecule has 0 aromatic carbocycles. The second-order valence-electron chi connectivity index (χ2n) is 4.66. The van der Waals surface area contributed by atoms with Crippen LogP contribution in [0, 0.1) is 6.92 Å². The van der Waals surface area contributed by atoms with Crippen LogP contribution in [0.3, 0.4) is 0 Å². The molecule has 0 unspecified atom stereocenters. The van der Waals surface area contributed by atoms with Crippen LogP contribution in [0.5, 0.6) is 0 Å². The molecule has 18 heavy (non-hydrogen) atoms. The van der Waals surface area contributed by atoms with E-state index in [-0.39, 0.29) is 17.3 Å². The fraction of sp³-hybridized carbons (Fsp3) is 0.667. The highest BCUT2D eigenvalue weighted by molar-refractivity contribution is 7.89. The molecular formula is C12H21NO4S. The topological polar surface area (TPSA) is 79.5 Å². The molecule has 1 aromatic rings. The van der Waals surface area contributed by atoms with E-state index in [0.29, 0.717) is 18.6 Å². The fourth-order valence-electron chi connectivity index (χ4n) is 1.64. The summed E-state index contributed by atoms with van der Waals surface area (Å²) in [5.74, 6) is 0.545. The summed E-state index contributed by atoms with van der Waals surface area (Å²) < 4.78 is 32.4. The first kappa shape index (κ1) is 15.2. The van der Waals surface area contributed by atoms with Crippen molar-refractivity contribution in [2.75, 3.05) is 0 Å². The van der Waals surface area contributed by atoms with Crippen LogP contribution < -0.4 is 4.72 Å². The molecule has 1 heterocycles. The fourth-order valence-corrected chi connectivity index (χ4v) is 3.40. The number of aryl methyl sites for hydroxylation is 1. The van der Waals surface area contributed by atoms with Gasteiger partial charge >= 0.3 is 0 Å². The summed E-state index contributed by atoms with van der Waals surface area (Å²) in [6, 6.07) is 1.36. The van der Waals surface area contributed by atoms with Crippen molar-refractivity contribution in [2.45, 2.75) is 57.6 Å². The zero-order valence-corrected chi connectivity index (χ0v) is 12.1. The standard InChI is InChI=1S/C12H21NO4S/c1-5-12(4,6-2)13-18(15,16)11-7-10(8-14)17-9(11)3/h7,13-14H,5-6,8H2,1-4H3. The van der Waals surface area contributed by atoms with Crippen molar-refractivity contribution in [3.05, 3.63) is 17.6 Å². The van der Waals surface area contributed by atoms with Crippen LogP contribution in [-0.2, 0) is 16.6 Å². The Bertz CT molecular complexity index is 500. The molecule has 0 radical (unpaired) electrons. The molecule has 104 valence electrons. The van der Waals surface area contributed by atoms with Crippen molar-refractivity contribution >= 4 is 10.0 Å². The number of aliphatic hydroxyl groups is 1. The van der Waals surface area contributed by atoms with E-state index in [2.05, 4.69) is 4.72 Å². The Morgan fingerprint density at radius 1 is 1.39 bits per heavy atom. The van der Waals surface area contributed by atoms with E-state index in [4.69, 9.17) is 9.52 Å². The quantitative estimate of drug-likeness (QED) is 0.831. The molecule has 0 bridgehead atoms. The molecule has 0 saturated carbocycles. The summed E-state index contributed by atoms with van der Waals surface area (Å²) in [6.07, 6.45) is 1.40. The lowest BCUT2D eigenvalue weighted by Crippen LogP contribution is -2.44. The van der Waals surface area contributed by atoms with Crippen LogP contribution in [-0.4, -0.2) is 19.1 Å². The number of furan rings is 1. The van der Waals surface area contributed by atoms with E-state index >= 15 is 0 Å². The Hall–Kier alpha value is -0.850. The summed E-state index contributed by atoms with van der Waals surface area (Å²) in [6.45, 7) is 7.01. The highest BCUT2D eigenvalue weighted by Crippen LogP contribution is 2.23. The van der Waals surface area contributed by atoms with Crippen molar-refractivity contribution < 1.29 is 17.9 Å². The van der Waals surface area contributed by atoms with E-state index in [1.807, 2.05) is 20.8 Å². The second kappa shape index (κ2) is 5.42. The van der Waals surface area contributed by atoms with Crippen LogP contribution in [0.15, 0.2) is 15.4 Å². The van der Waals surface area contributed by atoms with Crippen LogP contribution in [0.1, 0.15) is 45.1 Å². The number of aliphatic hydroxyl groups excluding tert-OH is 1. The lowest BCUT2D eigenvalue weighted by molar-refractivity contribution is 0.244. The maximum Gasteiger partial charge on any atom is 0.244 e. The van der Waals surface area contributed by atoms with Crippen molar-refractivity contribution in [3.63, 3.8) is 0 Å². The van der Waals surface area contributed by atoms with Gasteiger partial charge in [0.1, 0.15) is 23.0 Å². The largest absolute Gasteiger partial charge is 0.462 e. The minimum atomic E-state index is -3.62. The Morgan fingerprint density at radius 3 is 2.33 bits per heavy atom. The van der Waals surface area contributed by atoms with Gasteiger partial charge in [0.05, 0.1) is 0 Å². The smallest absolute Gasteiger partial charge is 0.244 e. The molecule has 1 rings (SSSR count). The van der Waals surface area contributed by atoms with Gasteiger partial charge in [-0.1, -0.05) is 13.8 Å².